The summed E-state index contributed by atoms with van der Waals surface area (Å²) < 4.78 is 11.2. The molecule has 1 atom stereocenters. The number of nitrogens with zero attached hydrogens (tertiary/aromatic N) is 2. The second-order valence-corrected chi connectivity index (χ2v) is 8.51. The Hall–Kier alpha value is -2.34. The fourth-order valence-electron chi connectivity index (χ4n) is 4.44. The molecule has 1 spiro atoms. The van der Waals surface area contributed by atoms with Crippen molar-refractivity contribution in [3.63, 3.8) is 0 Å². The molecule has 0 radical (unpaired) electrons. The third-order valence-electron chi connectivity index (χ3n) is 6.83. The van der Waals surface area contributed by atoms with Crippen LogP contribution in [-0.4, -0.2) is 39.8 Å². The van der Waals surface area contributed by atoms with Gasteiger partial charge in [0.2, 0.25) is 0 Å². The van der Waals surface area contributed by atoms with Gasteiger partial charge in [0.05, 0.1) is 11.2 Å². The molecule has 2 aliphatic rings. The van der Waals surface area contributed by atoms with E-state index in [1.54, 1.807) is 6.92 Å². The Morgan fingerprint density at radius 2 is 1.86 bits per heavy atom. The average Bonchev–Trinajstić information content (AvgIpc) is 3.06. The van der Waals surface area contributed by atoms with E-state index in [-0.39, 0.29) is 17.9 Å². The van der Waals surface area contributed by atoms with Crippen molar-refractivity contribution in [1.82, 2.24) is 10.1 Å². The number of aliphatic hydroxyl groups is 1. The SMILES string of the molecule is Cc1ccc(OCc2c(C(=O)N3CCC4(CC3)CCC4(C)O)noc2C)cc1. The molecule has 28 heavy (non-hydrogen) atoms. The van der Waals surface area contributed by atoms with Crippen LogP contribution in [-0.2, 0) is 6.61 Å². The first kappa shape index (κ1) is 19.0. The zero-order valence-electron chi connectivity index (χ0n) is 16.8. The lowest BCUT2D eigenvalue weighted by Crippen LogP contribution is -2.60. The van der Waals surface area contributed by atoms with Crippen LogP contribution in [0, 0.1) is 19.3 Å². The van der Waals surface area contributed by atoms with Crippen LogP contribution in [0.1, 0.15) is 60.0 Å². The molecule has 2 aromatic rings. The molecule has 1 aromatic carbocycles. The van der Waals surface area contributed by atoms with Gasteiger partial charge in [-0.1, -0.05) is 22.9 Å². The number of carbonyl (C=O) groups excluding carboxylic acids is 1. The smallest absolute Gasteiger partial charge is 0.276 e. The quantitative estimate of drug-likeness (QED) is 0.871. The van der Waals surface area contributed by atoms with Crippen LogP contribution >= 0.6 is 0 Å². The van der Waals surface area contributed by atoms with Crippen molar-refractivity contribution in [3.8, 4) is 5.75 Å². The number of hydrogen-bond donors (Lipinski definition) is 1. The Bertz CT molecular complexity index is 861. The number of rotatable bonds is 4. The third kappa shape index (κ3) is 3.20. The molecule has 1 aliphatic carbocycles. The molecule has 1 amide bonds. The summed E-state index contributed by atoms with van der Waals surface area (Å²) in [6.45, 7) is 7.27. The average molecular weight is 384 g/mol. The summed E-state index contributed by atoms with van der Waals surface area (Å²) in [6, 6.07) is 7.80. The zero-order valence-corrected chi connectivity index (χ0v) is 16.8. The van der Waals surface area contributed by atoms with Crippen molar-refractivity contribution in [2.24, 2.45) is 5.41 Å². The summed E-state index contributed by atoms with van der Waals surface area (Å²) in [4.78, 5) is 14.9. The van der Waals surface area contributed by atoms with Crippen LogP contribution < -0.4 is 4.74 Å². The maximum atomic E-state index is 13.1. The lowest BCUT2D eigenvalue weighted by molar-refractivity contribution is -0.174. The van der Waals surface area contributed by atoms with Gasteiger partial charge in [-0.15, -0.1) is 0 Å². The molecule has 2 heterocycles. The minimum absolute atomic E-state index is 0.0269. The van der Waals surface area contributed by atoms with Gasteiger partial charge in [0, 0.05) is 18.5 Å². The normalized spacial score (nSPS) is 23.5. The molecule has 4 rings (SSSR count). The van der Waals surface area contributed by atoms with Gasteiger partial charge in [-0.25, -0.2) is 0 Å². The number of hydrogen-bond acceptors (Lipinski definition) is 5. The van der Waals surface area contributed by atoms with Crippen molar-refractivity contribution >= 4 is 5.91 Å². The number of piperidine rings is 1. The van der Waals surface area contributed by atoms with Crippen molar-refractivity contribution in [2.75, 3.05) is 13.1 Å². The molecule has 0 bridgehead atoms. The van der Waals surface area contributed by atoms with Crippen molar-refractivity contribution in [3.05, 3.63) is 46.8 Å². The predicted molar refractivity (Wildman–Crippen MR) is 104 cm³/mol. The first-order valence-corrected chi connectivity index (χ1v) is 9.98. The highest BCUT2D eigenvalue weighted by molar-refractivity contribution is 5.93. The Kier molecular flexibility index (Phi) is 4.70. The minimum Gasteiger partial charge on any atom is -0.489 e. The highest BCUT2D eigenvalue weighted by Gasteiger charge is 2.56. The predicted octanol–water partition coefficient (Wildman–Crippen LogP) is 3.64. The number of amides is 1. The molecule has 6 heteroatoms. The topological polar surface area (TPSA) is 75.8 Å². The minimum atomic E-state index is -0.598. The summed E-state index contributed by atoms with van der Waals surface area (Å²) in [7, 11) is 0. The Balaban J connectivity index is 1.43. The molecule has 1 aromatic heterocycles. The third-order valence-corrected chi connectivity index (χ3v) is 6.83. The van der Waals surface area contributed by atoms with E-state index in [9.17, 15) is 9.90 Å². The second-order valence-electron chi connectivity index (χ2n) is 8.51. The molecule has 1 N–H and O–H groups in total. The highest BCUT2D eigenvalue weighted by atomic mass is 16.5. The summed E-state index contributed by atoms with van der Waals surface area (Å²) in [5.74, 6) is 1.23. The van der Waals surface area contributed by atoms with E-state index in [0.29, 0.717) is 30.1 Å². The number of carbonyl (C=O) groups is 1. The Morgan fingerprint density at radius 1 is 1.18 bits per heavy atom. The second kappa shape index (κ2) is 6.92. The Morgan fingerprint density at radius 3 is 2.43 bits per heavy atom. The molecule has 1 saturated carbocycles. The molecule has 1 aliphatic heterocycles. The fourth-order valence-corrected chi connectivity index (χ4v) is 4.44. The summed E-state index contributed by atoms with van der Waals surface area (Å²) in [6.07, 6.45) is 3.56. The van der Waals surface area contributed by atoms with Crippen LogP contribution in [0.25, 0.3) is 0 Å². The molecule has 1 unspecified atom stereocenters. The number of ether oxygens (including phenoxy) is 1. The molecular formula is C22H28N2O4. The van der Waals surface area contributed by atoms with Crippen LogP contribution in [0.3, 0.4) is 0 Å². The van der Waals surface area contributed by atoms with Crippen LogP contribution in [0.2, 0.25) is 0 Å². The number of aromatic nitrogens is 1. The largest absolute Gasteiger partial charge is 0.489 e. The maximum Gasteiger partial charge on any atom is 0.276 e. The van der Waals surface area contributed by atoms with Gasteiger partial charge in [0.15, 0.2) is 5.69 Å². The van der Waals surface area contributed by atoms with E-state index in [4.69, 9.17) is 9.26 Å². The first-order chi connectivity index (χ1) is 13.3. The molecular weight excluding hydrogens is 356 g/mol. The lowest BCUT2D eigenvalue weighted by atomic mass is 9.53. The van der Waals surface area contributed by atoms with Crippen LogP contribution in [0.15, 0.2) is 28.8 Å². The van der Waals surface area contributed by atoms with E-state index in [0.717, 1.165) is 37.0 Å². The van der Waals surface area contributed by atoms with E-state index < -0.39 is 5.60 Å². The highest BCUT2D eigenvalue weighted by Crippen LogP contribution is 2.56. The standard InChI is InChI=1S/C22H28N2O4/c1-15-4-6-17(7-5-15)27-14-18-16(2)28-23-19(18)20(25)24-12-10-22(11-13-24)9-8-21(22,3)26/h4-7,26H,8-14H2,1-3H3. The molecule has 6 nitrogen and oxygen atoms in total. The lowest BCUT2D eigenvalue weighted by Gasteiger charge is -2.58. The fraction of sp³-hybridized carbons (Fsp3) is 0.545. The zero-order chi connectivity index (χ0) is 19.9. The van der Waals surface area contributed by atoms with Gasteiger partial charge in [-0.05, 0) is 58.6 Å². The first-order valence-electron chi connectivity index (χ1n) is 9.98. The monoisotopic (exact) mass is 384 g/mol. The van der Waals surface area contributed by atoms with E-state index in [2.05, 4.69) is 5.16 Å². The van der Waals surface area contributed by atoms with Gasteiger partial charge in [-0.2, -0.15) is 0 Å². The van der Waals surface area contributed by atoms with Crippen LogP contribution in [0.5, 0.6) is 5.75 Å². The number of aryl methyl sites for hydroxylation is 2. The number of benzene rings is 1. The van der Waals surface area contributed by atoms with Gasteiger partial charge in [0.25, 0.3) is 5.91 Å². The van der Waals surface area contributed by atoms with Gasteiger partial charge in [-0.3, -0.25) is 4.79 Å². The van der Waals surface area contributed by atoms with Crippen LogP contribution in [0.4, 0.5) is 0 Å². The van der Waals surface area contributed by atoms with Gasteiger partial charge >= 0.3 is 0 Å². The molecule has 150 valence electrons. The maximum absolute atomic E-state index is 13.1. The van der Waals surface area contributed by atoms with Gasteiger partial charge in [0.1, 0.15) is 18.1 Å². The number of likely N-dealkylation sites (tertiary alicyclic amines) is 1. The van der Waals surface area contributed by atoms with E-state index in [1.165, 1.54) is 0 Å². The van der Waals surface area contributed by atoms with E-state index in [1.807, 2.05) is 43.0 Å². The van der Waals surface area contributed by atoms with E-state index >= 15 is 0 Å². The molecule has 1 saturated heterocycles. The van der Waals surface area contributed by atoms with Crippen molar-refractivity contribution in [1.29, 1.82) is 0 Å². The summed E-state index contributed by atoms with van der Waals surface area (Å²) >= 11 is 0. The van der Waals surface area contributed by atoms with Crippen molar-refractivity contribution in [2.45, 2.75) is 58.7 Å². The Labute approximate surface area is 165 Å². The summed E-state index contributed by atoms with van der Waals surface area (Å²) in [5.41, 5.74) is 1.57. The van der Waals surface area contributed by atoms with Crippen molar-refractivity contribution < 1.29 is 19.2 Å². The van der Waals surface area contributed by atoms with Gasteiger partial charge < -0.3 is 19.3 Å². The molecule has 2 fully saturated rings. The summed E-state index contributed by atoms with van der Waals surface area (Å²) in [5, 5.41) is 14.5.